The van der Waals surface area contributed by atoms with E-state index in [-0.39, 0.29) is 23.6 Å². The summed E-state index contributed by atoms with van der Waals surface area (Å²) in [4.78, 5) is 11.0. The highest BCUT2D eigenvalue weighted by Crippen LogP contribution is 2.37. The Morgan fingerprint density at radius 3 is 2.53 bits per heavy atom. The molecule has 3 N–H and O–H groups in total. The normalized spacial score (nSPS) is 12.0. The number of benzene rings is 1. The van der Waals surface area contributed by atoms with Crippen molar-refractivity contribution in [2.24, 2.45) is 5.73 Å². The molecule has 0 aromatic heterocycles. The second-order valence-corrected chi connectivity index (χ2v) is 3.32. The van der Waals surface area contributed by atoms with Crippen LogP contribution in [0, 0.1) is 5.82 Å². The van der Waals surface area contributed by atoms with Gasteiger partial charge in [-0.25, -0.2) is 4.39 Å². The van der Waals surface area contributed by atoms with Crippen molar-refractivity contribution in [3.05, 3.63) is 23.5 Å². The van der Waals surface area contributed by atoms with Gasteiger partial charge in [0.05, 0.1) is 14.2 Å². The van der Waals surface area contributed by atoms with Crippen molar-refractivity contribution in [1.82, 2.24) is 0 Å². The highest BCUT2D eigenvalue weighted by Gasteiger charge is 2.27. The van der Waals surface area contributed by atoms with Crippen LogP contribution in [0.2, 0.25) is 0 Å². The maximum atomic E-state index is 13.7. The molecule has 0 saturated carbocycles. The predicted octanol–water partition coefficient (Wildman–Crippen LogP) is 0.970. The van der Waals surface area contributed by atoms with Crippen LogP contribution in [0.3, 0.4) is 0 Å². The summed E-state index contributed by atoms with van der Waals surface area (Å²) in [6.45, 7) is -0.226. The molecule has 1 unspecified atom stereocenters. The monoisotopic (exact) mass is 243 g/mol. The summed E-state index contributed by atoms with van der Waals surface area (Å²) in [5.74, 6) is -2.73. The number of carbonyl (C=O) groups is 1. The zero-order valence-corrected chi connectivity index (χ0v) is 9.57. The van der Waals surface area contributed by atoms with Gasteiger partial charge in [-0.15, -0.1) is 0 Å². The molecule has 6 heteroatoms. The molecule has 0 aliphatic heterocycles. The molecular formula is C11H14FNO4. The Kier molecular flexibility index (Phi) is 4.28. The van der Waals surface area contributed by atoms with E-state index in [9.17, 15) is 9.18 Å². The fourth-order valence-electron chi connectivity index (χ4n) is 1.59. The lowest BCUT2D eigenvalue weighted by atomic mass is 9.97. The van der Waals surface area contributed by atoms with Crippen LogP contribution in [0.25, 0.3) is 0 Å². The molecule has 0 spiro atoms. The summed E-state index contributed by atoms with van der Waals surface area (Å²) >= 11 is 0. The fraction of sp³-hybridized carbons (Fsp3) is 0.364. The minimum atomic E-state index is -1.21. The van der Waals surface area contributed by atoms with E-state index in [1.807, 2.05) is 0 Å². The topological polar surface area (TPSA) is 81.8 Å². The van der Waals surface area contributed by atoms with Crippen LogP contribution in [-0.4, -0.2) is 31.8 Å². The van der Waals surface area contributed by atoms with E-state index in [4.69, 9.17) is 20.3 Å². The molecular weight excluding hydrogens is 229 g/mol. The smallest absolute Gasteiger partial charge is 0.312 e. The van der Waals surface area contributed by atoms with Gasteiger partial charge in [0.1, 0.15) is 11.7 Å². The van der Waals surface area contributed by atoms with Gasteiger partial charge in [0.15, 0.2) is 11.5 Å². The number of hydrogen-bond donors (Lipinski definition) is 2. The number of carboxylic acids is 1. The molecule has 1 atom stereocenters. The number of hydrogen-bond acceptors (Lipinski definition) is 4. The lowest BCUT2D eigenvalue weighted by Gasteiger charge is -2.17. The Morgan fingerprint density at radius 2 is 2.12 bits per heavy atom. The van der Waals surface area contributed by atoms with Crippen LogP contribution in [-0.2, 0) is 4.79 Å². The molecule has 0 bridgehead atoms. The average Bonchev–Trinajstić information content (AvgIpc) is 2.31. The average molecular weight is 243 g/mol. The molecule has 1 aromatic rings. The molecule has 1 aromatic carbocycles. The third-order valence-electron chi connectivity index (χ3n) is 2.41. The second kappa shape index (κ2) is 5.49. The Hall–Kier alpha value is -1.82. The Balaban J connectivity index is 3.42. The van der Waals surface area contributed by atoms with Crippen LogP contribution < -0.4 is 15.2 Å². The van der Waals surface area contributed by atoms with E-state index in [1.165, 1.54) is 20.3 Å². The second-order valence-electron chi connectivity index (χ2n) is 3.32. The van der Waals surface area contributed by atoms with Gasteiger partial charge >= 0.3 is 5.97 Å². The molecule has 0 aliphatic carbocycles. The van der Waals surface area contributed by atoms with Crippen LogP contribution in [0.5, 0.6) is 11.5 Å². The molecule has 0 heterocycles. The van der Waals surface area contributed by atoms with E-state index in [0.29, 0.717) is 0 Å². The van der Waals surface area contributed by atoms with Crippen molar-refractivity contribution in [3.63, 3.8) is 0 Å². The number of rotatable bonds is 5. The summed E-state index contributed by atoms with van der Waals surface area (Å²) in [6, 6.07) is 2.50. The van der Waals surface area contributed by atoms with E-state index < -0.39 is 17.7 Å². The van der Waals surface area contributed by atoms with Gasteiger partial charge in [-0.3, -0.25) is 4.79 Å². The van der Waals surface area contributed by atoms with E-state index in [0.717, 1.165) is 6.07 Å². The first-order valence-electron chi connectivity index (χ1n) is 4.90. The maximum absolute atomic E-state index is 13.7. The largest absolute Gasteiger partial charge is 0.493 e. The van der Waals surface area contributed by atoms with Gasteiger partial charge < -0.3 is 20.3 Å². The van der Waals surface area contributed by atoms with Gasteiger partial charge in [-0.1, -0.05) is 0 Å². The lowest BCUT2D eigenvalue weighted by molar-refractivity contribution is -0.138. The zero-order chi connectivity index (χ0) is 13.0. The lowest BCUT2D eigenvalue weighted by Crippen LogP contribution is -2.23. The molecule has 5 nitrogen and oxygen atoms in total. The highest BCUT2D eigenvalue weighted by molar-refractivity contribution is 5.78. The van der Waals surface area contributed by atoms with Crippen LogP contribution in [0.1, 0.15) is 11.5 Å². The number of aliphatic carboxylic acids is 1. The Morgan fingerprint density at radius 1 is 1.47 bits per heavy atom. The van der Waals surface area contributed by atoms with Crippen molar-refractivity contribution in [1.29, 1.82) is 0 Å². The van der Waals surface area contributed by atoms with Crippen LogP contribution in [0.4, 0.5) is 4.39 Å². The summed E-state index contributed by atoms with van der Waals surface area (Å²) in [5, 5.41) is 8.99. The summed E-state index contributed by atoms with van der Waals surface area (Å²) in [7, 11) is 2.70. The molecule has 0 radical (unpaired) electrons. The van der Waals surface area contributed by atoms with Crippen molar-refractivity contribution in [2.45, 2.75) is 5.92 Å². The van der Waals surface area contributed by atoms with Crippen molar-refractivity contribution in [2.75, 3.05) is 20.8 Å². The molecule has 17 heavy (non-hydrogen) atoms. The predicted molar refractivity (Wildman–Crippen MR) is 58.9 cm³/mol. The van der Waals surface area contributed by atoms with Gasteiger partial charge in [0, 0.05) is 12.1 Å². The molecule has 0 saturated heterocycles. The van der Waals surface area contributed by atoms with Gasteiger partial charge in [0.25, 0.3) is 0 Å². The van der Waals surface area contributed by atoms with Crippen molar-refractivity contribution in [3.8, 4) is 11.5 Å². The first-order valence-corrected chi connectivity index (χ1v) is 4.90. The third-order valence-corrected chi connectivity index (χ3v) is 2.41. The number of nitrogens with two attached hydrogens (primary N) is 1. The standard InChI is InChI=1S/C11H14FNO4/c1-16-8-4-3-7(12)9(10(8)17-2)6(5-13)11(14)15/h3-4,6H,5,13H2,1-2H3,(H,14,15). The highest BCUT2D eigenvalue weighted by atomic mass is 19.1. The zero-order valence-electron chi connectivity index (χ0n) is 9.57. The summed E-state index contributed by atoms with van der Waals surface area (Å²) < 4.78 is 23.7. The number of halogens is 1. The summed E-state index contributed by atoms with van der Waals surface area (Å²) in [6.07, 6.45) is 0. The van der Waals surface area contributed by atoms with Crippen LogP contribution >= 0.6 is 0 Å². The molecule has 1 rings (SSSR count). The first kappa shape index (κ1) is 13.2. The SMILES string of the molecule is COc1ccc(F)c(C(CN)C(=O)O)c1OC. The van der Waals surface area contributed by atoms with E-state index in [2.05, 4.69) is 0 Å². The van der Waals surface area contributed by atoms with Gasteiger partial charge in [0.2, 0.25) is 0 Å². The minimum absolute atomic E-state index is 0.0605. The number of methoxy groups -OCH3 is 2. The maximum Gasteiger partial charge on any atom is 0.312 e. The quantitative estimate of drug-likeness (QED) is 0.805. The van der Waals surface area contributed by atoms with Crippen molar-refractivity contribution < 1.29 is 23.8 Å². The van der Waals surface area contributed by atoms with Crippen molar-refractivity contribution >= 4 is 5.97 Å². The minimum Gasteiger partial charge on any atom is -0.493 e. The molecule has 0 aliphatic rings. The van der Waals surface area contributed by atoms with Gasteiger partial charge in [-0.05, 0) is 12.1 Å². The number of ether oxygens (including phenoxy) is 2. The number of carboxylic acid groups (broad SMARTS) is 1. The fourth-order valence-corrected chi connectivity index (χ4v) is 1.59. The molecule has 94 valence electrons. The summed E-state index contributed by atoms with van der Waals surface area (Å²) in [5.41, 5.74) is 5.25. The van der Waals surface area contributed by atoms with E-state index in [1.54, 1.807) is 0 Å². The Labute approximate surface area is 97.9 Å². The third kappa shape index (κ3) is 2.47. The van der Waals surface area contributed by atoms with Gasteiger partial charge in [-0.2, -0.15) is 0 Å². The molecule has 0 amide bonds. The van der Waals surface area contributed by atoms with E-state index >= 15 is 0 Å². The van der Waals surface area contributed by atoms with Crippen LogP contribution in [0.15, 0.2) is 12.1 Å². The molecule has 0 fully saturated rings. The Bertz CT molecular complexity index is 422. The first-order chi connectivity index (χ1) is 8.06.